The van der Waals surface area contributed by atoms with Crippen LogP contribution in [0.25, 0.3) is 58.8 Å². The average Bonchev–Trinajstić information content (AvgIpc) is 3.63. The maximum atomic E-state index is 3.62. The van der Waals surface area contributed by atoms with Gasteiger partial charge in [0.05, 0.1) is 11.0 Å². The Hall–Kier alpha value is -5.16. The first kappa shape index (κ1) is 27.2. The molecular formula is C42H27BrN2S. The number of nitrogens with zero attached hydrogens (tertiary/aromatic N) is 2. The van der Waals surface area contributed by atoms with Crippen LogP contribution >= 0.6 is 27.3 Å². The summed E-state index contributed by atoms with van der Waals surface area (Å²) in [6.45, 7) is 0. The Morgan fingerprint density at radius 1 is 0.435 bits per heavy atom. The van der Waals surface area contributed by atoms with Gasteiger partial charge in [0.25, 0.3) is 0 Å². The third-order valence-corrected chi connectivity index (χ3v) is 10.4. The molecule has 0 aliphatic rings. The summed E-state index contributed by atoms with van der Waals surface area (Å²) >= 11 is 5.49. The summed E-state index contributed by atoms with van der Waals surface area (Å²) in [6, 6.07) is 59.2. The van der Waals surface area contributed by atoms with E-state index in [1.807, 2.05) is 11.3 Å². The van der Waals surface area contributed by atoms with E-state index in [1.54, 1.807) is 0 Å². The molecule has 0 fully saturated rings. The van der Waals surface area contributed by atoms with E-state index in [4.69, 9.17) is 0 Å². The number of anilines is 3. The fourth-order valence-corrected chi connectivity index (χ4v) is 8.24. The van der Waals surface area contributed by atoms with Crippen molar-refractivity contribution in [3.8, 4) is 16.8 Å². The summed E-state index contributed by atoms with van der Waals surface area (Å²) < 4.78 is 6.13. The van der Waals surface area contributed by atoms with Crippen molar-refractivity contribution < 1.29 is 0 Å². The van der Waals surface area contributed by atoms with Gasteiger partial charge in [0.1, 0.15) is 0 Å². The van der Waals surface area contributed by atoms with Gasteiger partial charge in [-0.2, -0.15) is 0 Å². The second-order valence-corrected chi connectivity index (χ2v) is 13.6. The number of hydrogen-bond donors (Lipinski definition) is 0. The van der Waals surface area contributed by atoms with Gasteiger partial charge in [0.15, 0.2) is 0 Å². The number of benzene rings is 7. The average molecular weight is 672 g/mol. The number of para-hydroxylation sites is 2. The molecule has 0 N–H and O–H groups in total. The SMILES string of the molecule is Brc1cccc(-c2ccc(N(c3ccccc3)c3ccc4c(c3)c3cc5c(cc3n4-c3ccccc3)sc3ccccc35)cc2)c1. The normalized spacial score (nSPS) is 11.6. The lowest BCUT2D eigenvalue weighted by Crippen LogP contribution is -2.09. The molecule has 0 aliphatic heterocycles. The molecule has 0 spiro atoms. The van der Waals surface area contributed by atoms with Gasteiger partial charge in [0.2, 0.25) is 0 Å². The monoisotopic (exact) mass is 670 g/mol. The summed E-state index contributed by atoms with van der Waals surface area (Å²) in [4.78, 5) is 2.36. The quantitative estimate of drug-likeness (QED) is 0.177. The predicted molar refractivity (Wildman–Crippen MR) is 201 cm³/mol. The van der Waals surface area contributed by atoms with Crippen LogP contribution in [0.2, 0.25) is 0 Å². The Morgan fingerprint density at radius 2 is 1.13 bits per heavy atom. The van der Waals surface area contributed by atoms with Crippen LogP contribution in [-0.4, -0.2) is 4.57 Å². The van der Waals surface area contributed by atoms with Crippen molar-refractivity contribution in [3.05, 3.63) is 168 Å². The Morgan fingerprint density at radius 3 is 1.93 bits per heavy atom. The van der Waals surface area contributed by atoms with Gasteiger partial charge in [0, 0.05) is 58.2 Å². The van der Waals surface area contributed by atoms with Crippen molar-refractivity contribution in [1.29, 1.82) is 0 Å². The topological polar surface area (TPSA) is 8.17 Å². The molecule has 2 nitrogen and oxygen atoms in total. The molecule has 9 aromatic rings. The summed E-state index contributed by atoms with van der Waals surface area (Å²) in [5, 5.41) is 5.13. The molecule has 46 heavy (non-hydrogen) atoms. The molecule has 0 amide bonds. The minimum absolute atomic E-state index is 1.08. The van der Waals surface area contributed by atoms with E-state index in [0.717, 1.165) is 21.5 Å². The maximum Gasteiger partial charge on any atom is 0.0555 e. The third-order valence-electron chi connectivity index (χ3n) is 8.82. The summed E-state index contributed by atoms with van der Waals surface area (Å²) in [6.07, 6.45) is 0. The van der Waals surface area contributed by atoms with E-state index < -0.39 is 0 Å². The molecule has 9 rings (SSSR count). The standard InChI is InChI=1S/C42H27BrN2S/c43-30-11-9-10-29(24-30)28-18-20-33(21-19-28)44(31-12-3-1-4-13-31)34-22-23-39-36(25-34)37-26-38-35-16-7-8-17-41(35)46-42(38)27-40(37)45(39)32-14-5-2-6-15-32/h1-27H. The first-order chi connectivity index (χ1) is 22.7. The highest BCUT2D eigenvalue weighted by Crippen LogP contribution is 2.43. The Balaban J connectivity index is 1.27. The minimum Gasteiger partial charge on any atom is -0.310 e. The number of fused-ring (bicyclic) bond motifs is 6. The molecule has 7 aromatic carbocycles. The van der Waals surface area contributed by atoms with Crippen LogP contribution in [0, 0.1) is 0 Å². The Labute approximate surface area is 279 Å². The van der Waals surface area contributed by atoms with Crippen molar-refractivity contribution in [3.63, 3.8) is 0 Å². The highest BCUT2D eigenvalue weighted by Gasteiger charge is 2.19. The third kappa shape index (κ3) is 4.53. The first-order valence-corrected chi connectivity index (χ1v) is 17.0. The van der Waals surface area contributed by atoms with E-state index in [2.05, 4.69) is 189 Å². The van der Waals surface area contributed by atoms with Gasteiger partial charge >= 0.3 is 0 Å². The van der Waals surface area contributed by atoms with Crippen LogP contribution in [-0.2, 0) is 0 Å². The van der Waals surface area contributed by atoms with Crippen LogP contribution in [0.3, 0.4) is 0 Å². The van der Waals surface area contributed by atoms with Crippen LogP contribution in [0.4, 0.5) is 17.1 Å². The number of thiophene rings is 1. The van der Waals surface area contributed by atoms with Gasteiger partial charge < -0.3 is 9.47 Å². The molecule has 0 saturated heterocycles. The van der Waals surface area contributed by atoms with Crippen molar-refractivity contribution in [2.24, 2.45) is 0 Å². The molecule has 0 bridgehead atoms. The largest absolute Gasteiger partial charge is 0.310 e. The van der Waals surface area contributed by atoms with Crippen LogP contribution in [0.1, 0.15) is 0 Å². The first-order valence-electron chi connectivity index (χ1n) is 15.4. The number of aromatic nitrogens is 1. The van der Waals surface area contributed by atoms with Crippen molar-refractivity contribution in [2.75, 3.05) is 4.90 Å². The van der Waals surface area contributed by atoms with E-state index in [-0.39, 0.29) is 0 Å². The lowest BCUT2D eigenvalue weighted by atomic mass is 10.0. The van der Waals surface area contributed by atoms with Gasteiger partial charge in [-0.05, 0) is 96.1 Å². The summed E-state index contributed by atoms with van der Waals surface area (Å²) in [5.41, 5.74) is 9.32. The second-order valence-electron chi connectivity index (χ2n) is 11.6. The predicted octanol–water partition coefficient (Wildman–Crippen LogP) is 13.1. The molecule has 4 heteroatoms. The molecule has 0 aliphatic carbocycles. The molecule has 0 atom stereocenters. The van der Waals surface area contributed by atoms with E-state index in [0.29, 0.717) is 0 Å². The summed E-state index contributed by atoms with van der Waals surface area (Å²) in [7, 11) is 0. The van der Waals surface area contributed by atoms with Crippen molar-refractivity contribution >= 4 is 86.3 Å². The van der Waals surface area contributed by atoms with E-state index in [1.165, 1.54) is 58.8 Å². The number of rotatable bonds is 5. The molecule has 218 valence electrons. The molecular weight excluding hydrogens is 644 g/mol. The zero-order chi connectivity index (χ0) is 30.6. The maximum absolute atomic E-state index is 3.62. The zero-order valence-corrected chi connectivity index (χ0v) is 27.2. The fraction of sp³-hybridized carbons (Fsp3) is 0. The minimum atomic E-state index is 1.08. The molecule has 2 aromatic heterocycles. The van der Waals surface area contributed by atoms with Gasteiger partial charge in [-0.3, -0.25) is 0 Å². The lowest BCUT2D eigenvalue weighted by Gasteiger charge is -2.26. The Kier molecular flexibility index (Phi) is 6.51. The van der Waals surface area contributed by atoms with Gasteiger partial charge in [-0.15, -0.1) is 11.3 Å². The summed E-state index contributed by atoms with van der Waals surface area (Å²) in [5.74, 6) is 0. The van der Waals surface area contributed by atoms with Crippen LogP contribution in [0.5, 0.6) is 0 Å². The van der Waals surface area contributed by atoms with Crippen molar-refractivity contribution in [1.82, 2.24) is 4.57 Å². The highest BCUT2D eigenvalue weighted by atomic mass is 79.9. The van der Waals surface area contributed by atoms with E-state index >= 15 is 0 Å². The smallest absolute Gasteiger partial charge is 0.0555 e. The zero-order valence-electron chi connectivity index (χ0n) is 24.8. The molecule has 0 radical (unpaired) electrons. The molecule has 2 heterocycles. The van der Waals surface area contributed by atoms with Crippen molar-refractivity contribution in [2.45, 2.75) is 0 Å². The second kappa shape index (κ2) is 11.0. The Bertz CT molecular complexity index is 2530. The number of hydrogen-bond acceptors (Lipinski definition) is 2. The highest BCUT2D eigenvalue weighted by molar-refractivity contribution is 9.10. The van der Waals surface area contributed by atoms with E-state index in [9.17, 15) is 0 Å². The lowest BCUT2D eigenvalue weighted by molar-refractivity contribution is 1.18. The van der Waals surface area contributed by atoms with Crippen LogP contribution < -0.4 is 4.90 Å². The molecule has 0 saturated carbocycles. The molecule has 0 unspecified atom stereocenters. The number of halogens is 1. The van der Waals surface area contributed by atoms with Gasteiger partial charge in [-0.1, -0.05) is 94.8 Å². The van der Waals surface area contributed by atoms with Gasteiger partial charge in [-0.25, -0.2) is 0 Å². The fourth-order valence-electron chi connectivity index (χ4n) is 6.72. The van der Waals surface area contributed by atoms with Crippen LogP contribution in [0.15, 0.2) is 168 Å².